The minimum atomic E-state index is -1.23. The van der Waals surface area contributed by atoms with Crippen molar-refractivity contribution in [3.05, 3.63) is 71.9 Å². The number of nitrogens with one attached hydrogen (secondary N) is 2. The molecule has 8 nitrogen and oxygen atoms in total. The molecule has 0 radical (unpaired) electrons. The van der Waals surface area contributed by atoms with Crippen LogP contribution in [-0.4, -0.2) is 39.6 Å². The number of aromatic nitrogens is 2. The van der Waals surface area contributed by atoms with E-state index in [9.17, 15) is 14.4 Å². The summed E-state index contributed by atoms with van der Waals surface area (Å²) in [6.07, 6.45) is 1.60. The lowest BCUT2D eigenvalue weighted by Gasteiger charge is -2.32. The maximum Gasteiger partial charge on any atom is 0.243 e. The summed E-state index contributed by atoms with van der Waals surface area (Å²) in [4.78, 5) is 41.2. The van der Waals surface area contributed by atoms with Crippen LogP contribution in [0.4, 0.5) is 11.5 Å². The Hall–Kier alpha value is -3.94. The van der Waals surface area contributed by atoms with E-state index in [1.54, 1.807) is 10.9 Å². The lowest BCUT2D eigenvalue weighted by atomic mass is 9.72. The van der Waals surface area contributed by atoms with E-state index in [1.165, 1.54) is 4.90 Å². The lowest BCUT2D eigenvalue weighted by Crippen LogP contribution is -2.50. The van der Waals surface area contributed by atoms with Crippen LogP contribution < -0.4 is 15.5 Å². The van der Waals surface area contributed by atoms with Crippen LogP contribution in [-0.2, 0) is 19.8 Å². The van der Waals surface area contributed by atoms with Crippen LogP contribution >= 0.6 is 0 Å². The molecule has 0 saturated carbocycles. The number of anilines is 2. The molecular formula is C25H25N5O3. The summed E-state index contributed by atoms with van der Waals surface area (Å²) in [7, 11) is 0. The zero-order valence-corrected chi connectivity index (χ0v) is 18.8. The van der Waals surface area contributed by atoms with Crippen molar-refractivity contribution in [1.29, 1.82) is 0 Å². The minimum absolute atomic E-state index is 0.0479. The van der Waals surface area contributed by atoms with Gasteiger partial charge in [0.25, 0.3) is 0 Å². The van der Waals surface area contributed by atoms with E-state index in [0.29, 0.717) is 22.6 Å². The second-order valence-electron chi connectivity index (χ2n) is 9.49. The first-order valence-electron chi connectivity index (χ1n) is 10.9. The summed E-state index contributed by atoms with van der Waals surface area (Å²) in [5.74, 6) is -0.356. The average Bonchev–Trinajstić information content (AvgIpc) is 3.28. The van der Waals surface area contributed by atoms with Gasteiger partial charge in [0.05, 0.1) is 11.9 Å². The first kappa shape index (κ1) is 20.9. The lowest BCUT2D eigenvalue weighted by molar-refractivity contribution is -0.128. The minimum Gasteiger partial charge on any atom is -0.350 e. The molecule has 2 aliphatic heterocycles. The van der Waals surface area contributed by atoms with Gasteiger partial charge in [-0.15, -0.1) is 0 Å². The van der Waals surface area contributed by atoms with E-state index in [0.717, 1.165) is 5.69 Å². The molecule has 33 heavy (non-hydrogen) atoms. The molecule has 3 aromatic rings. The van der Waals surface area contributed by atoms with Gasteiger partial charge in [0.1, 0.15) is 17.8 Å². The quantitative estimate of drug-likeness (QED) is 0.651. The van der Waals surface area contributed by atoms with Crippen LogP contribution in [0.1, 0.15) is 38.3 Å². The second kappa shape index (κ2) is 7.30. The van der Waals surface area contributed by atoms with E-state index in [2.05, 4.69) is 15.7 Å². The van der Waals surface area contributed by atoms with Gasteiger partial charge in [0.2, 0.25) is 17.7 Å². The van der Waals surface area contributed by atoms with E-state index < -0.39 is 11.0 Å². The fraction of sp³-hybridized carbons (Fsp3) is 0.280. The Morgan fingerprint density at radius 2 is 1.76 bits per heavy atom. The molecule has 0 saturated heterocycles. The van der Waals surface area contributed by atoms with Gasteiger partial charge in [-0.2, -0.15) is 5.10 Å². The van der Waals surface area contributed by atoms with Crippen LogP contribution in [0, 0.1) is 0 Å². The molecular weight excluding hydrogens is 418 g/mol. The van der Waals surface area contributed by atoms with Crippen LogP contribution in [0.15, 0.2) is 60.8 Å². The highest BCUT2D eigenvalue weighted by Crippen LogP contribution is 2.52. The maximum atomic E-state index is 14.0. The number of hydrogen-bond donors (Lipinski definition) is 2. The number of fused-ring (bicyclic) bond motifs is 4. The molecule has 5 rings (SSSR count). The molecule has 1 aromatic heterocycles. The van der Waals surface area contributed by atoms with E-state index in [1.807, 2.05) is 75.4 Å². The van der Waals surface area contributed by atoms with Crippen molar-refractivity contribution in [2.24, 2.45) is 0 Å². The third-order valence-electron chi connectivity index (χ3n) is 5.99. The first-order valence-corrected chi connectivity index (χ1v) is 10.9. The van der Waals surface area contributed by atoms with Crippen molar-refractivity contribution < 1.29 is 14.4 Å². The van der Waals surface area contributed by atoms with Gasteiger partial charge in [-0.1, -0.05) is 36.4 Å². The Morgan fingerprint density at radius 3 is 2.48 bits per heavy atom. The molecule has 3 amide bonds. The number of nitrogens with zero attached hydrogens (tertiary/aromatic N) is 3. The predicted molar refractivity (Wildman–Crippen MR) is 124 cm³/mol. The number of carbonyl (C=O) groups excluding carboxylic acids is 3. The van der Waals surface area contributed by atoms with Crippen molar-refractivity contribution in [2.45, 2.75) is 38.1 Å². The van der Waals surface area contributed by atoms with Gasteiger partial charge < -0.3 is 15.5 Å². The molecule has 168 valence electrons. The smallest absolute Gasteiger partial charge is 0.243 e. The summed E-state index contributed by atoms with van der Waals surface area (Å²) in [5.41, 5.74) is 1.09. The Morgan fingerprint density at radius 1 is 1.06 bits per heavy atom. The molecule has 2 N–H and O–H groups in total. The summed E-state index contributed by atoms with van der Waals surface area (Å²) in [6.45, 7) is 5.55. The molecule has 0 bridgehead atoms. The zero-order chi connectivity index (χ0) is 23.4. The molecule has 0 fully saturated rings. The summed E-state index contributed by atoms with van der Waals surface area (Å²) in [5, 5.41) is 10.3. The van der Waals surface area contributed by atoms with Gasteiger partial charge >= 0.3 is 0 Å². The second-order valence-corrected chi connectivity index (χ2v) is 9.49. The van der Waals surface area contributed by atoms with Crippen LogP contribution in [0.25, 0.3) is 5.69 Å². The van der Waals surface area contributed by atoms with Crippen molar-refractivity contribution in [1.82, 2.24) is 15.1 Å². The number of para-hydroxylation sites is 2. The first-order chi connectivity index (χ1) is 15.7. The molecule has 3 heterocycles. The molecule has 0 aliphatic carbocycles. The van der Waals surface area contributed by atoms with Crippen molar-refractivity contribution in [2.75, 3.05) is 16.8 Å². The topological polar surface area (TPSA) is 96.3 Å². The zero-order valence-electron chi connectivity index (χ0n) is 18.8. The SMILES string of the molecule is CC(C)(C)NC(=O)CN1C(=O)[C@]2(CC(=O)Nc3c2cnn3-c2ccccc2)c2ccccc21. The Balaban J connectivity index is 1.64. The highest BCUT2D eigenvalue weighted by Gasteiger charge is 2.57. The highest BCUT2D eigenvalue weighted by molar-refractivity contribution is 6.17. The van der Waals surface area contributed by atoms with Crippen molar-refractivity contribution >= 4 is 29.2 Å². The molecule has 0 unspecified atom stereocenters. The number of rotatable bonds is 3. The number of amides is 3. The molecule has 2 aromatic carbocycles. The van der Waals surface area contributed by atoms with Gasteiger partial charge in [0.15, 0.2) is 0 Å². The third kappa shape index (κ3) is 3.29. The average molecular weight is 444 g/mol. The standard InChI is InChI=1S/C25H25N5O3/c1-24(2,3)28-21(32)15-29-19-12-8-7-11-17(19)25(23(29)33)13-20(31)27-22-18(25)14-26-30(22)16-9-5-4-6-10-16/h4-12,14H,13,15H2,1-3H3,(H,27,31)(H,28,32)/t25-/m1/s1. The van der Waals surface area contributed by atoms with Gasteiger partial charge in [-0.05, 0) is 44.5 Å². The normalized spacial score (nSPS) is 19.3. The van der Waals surface area contributed by atoms with E-state index in [4.69, 9.17) is 0 Å². The Labute approximate surface area is 191 Å². The van der Waals surface area contributed by atoms with Crippen LogP contribution in [0.3, 0.4) is 0 Å². The molecule has 2 aliphatic rings. The number of benzene rings is 2. The fourth-order valence-corrected chi connectivity index (χ4v) is 4.77. The van der Waals surface area contributed by atoms with Crippen LogP contribution in [0.2, 0.25) is 0 Å². The predicted octanol–water partition coefficient (Wildman–Crippen LogP) is 2.76. The van der Waals surface area contributed by atoms with Gasteiger partial charge in [-0.25, -0.2) is 4.68 Å². The van der Waals surface area contributed by atoms with Crippen LogP contribution in [0.5, 0.6) is 0 Å². The maximum absolute atomic E-state index is 14.0. The van der Waals surface area contributed by atoms with E-state index >= 15 is 0 Å². The largest absolute Gasteiger partial charge is 0.350 e. The molecule has 1 atom stereocenters. The van der Waals surface area contributed by atoms with Crippen molar-refractivity contribution in [3.63, 3.8) is 0 Å². The third-order valence-corrected chi connectivity index (χ3v) is 5.99. The van der Waals surface area contributed by atoms with E-state index in [-0.39, 0.29) is 30.7 Å². The molecule has 1 spiro atoms. The number of hydrogen-bond acceptors (Lipinski definition) is 4. The van der Waals surface area contributed by atoms with Gasteiger partial charge in [0, 0.05) is 23.2 Å². The fourth-order valence-electron chi connectivity index (χ4n) is 4.77. The monoisotopic (exact) mass is 443 g/mol. The summed E-state index contributed by atoms with van der Waals surface area (Å²) < 4.78 is 1.64. The Bertz CT molecular complexity index is 1270. The van der Waals surface area contributed by atoms with Gasteiger partial charge in [-0.3, -0.25) is 14.4 Å². The highest BCUT2D eigenvalue weighted by atomic mass is 16.2. The van der Waals surface area contributed by atoms with Crippen molar-refractivity contribution in [3.8, 4) is 5.69 Å². The Kier molecular flexibility index (Phi) is 4.63. The molecule has 8 heteroatoms. The summed E-state index contributed by atoms with van der Waals surface area (Å²) in [6, 6.07) is 16.8. The number of carbonyl (C=O) groups is 3. The summed E-state index contributed by atoms with van der Waals surface area (Å²) >= 11 is 0.